The summed E-state index contributed by atoms with van der Waals surface area (Å²) in [6, 6.07) is 6.49. The molecule has 1 aliphatic rings. The summed E-state index contributed by atoms with van der Waals surface area (Å²) in [5.41, 5.74) is 7.83. The number of rotatable bonds is 4. The molecule has 94 valence electrons. The van der Waals surface area contributed by atoms with E-state index in [-0.39, 0.29) is 0 Å². The van der Waals surface area contributed by atoms with E-state index in [1.165, 1.54) is 19.3 Å². The molecule has 2 unspecified atom stereocenters. The van der Waals surface area contributed by atoms with Gasteiger partial charge < -0.3 is 15.8 Å². The van der Waals surface area contributed by atoms with Crippen molar-refractivity contribution < 1.29 is 4.74 Å². The van der Waals surface area contributed by atoms with Crippen molar-refractivity contribution >= 4 is 11.4 Å². The number of nitrogens with two attached hydrogens (primary N) is 1. The van der Waals surface area contributed by atoms with Gasteiger partial charge in [0, 0.05) is 6.04 Å². The summed E-state index contributed by atoms with van der Waals surface area (Å²) in [6.45, 7) is 4.92. The highest BCUT2D eigenvalue weighted by atomic mass is 16.5. The molecule has 1 fully saturated rings. The lowest BCUT2D eigenvalue weighted by molar-refractivity contribution is 0.342. The van der Waals surface area contributed by atoms with Gasteiger partial charge >= 0.3 is 0 Å². The highest BCUT2D eigenvalue weighted by molar-refractivity contribution is 5.73. The number of para-hydroxylation sites is 1. The van der Waals surface area contributed by atoms with E-state index in [0.29, 0.717) is 12.6 Å². The Hall–Kier alpha value is -1.38. The maximum atomic E-state index is 6.09. The molecule has 0 amide bonds. The van der Waals surface area contributed by atoms with Gasteiger partial charge in [0.25, 0.3) is 0 Å². The Balaban J connectivity index is 2.07. The smallest absolute Gasteiger partial charge is 0.144 e. The van der Waals surface area contributed by atoms with E-state index in [4.69, 9.17) is 10.5 Å². The van der Waals surface area contributed by atoms with Crippen molar-refractivity contribution in [1.29, 1.82) is 0 Å². The maximum Gasteiger partial charge on any atom is 0.144 e. The van der Waals surface area contributed by atoms with E-state index < -0.39 is 0 Å². The van der Waals surface area contributed by atoms with Crippen molar-refractivity contribution in [2.24, 2.45) is 5.92 Å². The van der Waals surface area contributed by atoms with Crippen LogP contribution >= 0.6 is 0 Å². The Morgan fingerprint density at radius 2 is 2.24 bits per heavy atom. The minimum atomic E-state index is 0.559. The minimum Gasteiger partial charge on any atom is -0.492 e. The second-order valence-electron chi connectivity index (χ2n) is 4.91. The quantitative estimate of drug-likeness (QED) is 0.786. The molecule has 0 radical (unpaired) electrons. The van der Waals surface area contributed by atoms with Crippen LogP contribution in [0, 0.1) is 5.92 Å². The van der Waals surface area contributed by atoms with E-state index in [1.807, 2.05) is 25.1 Å². The predicted octanol–water partition coefficient (Wildman–Crippen LogP) is 3.27. The number of anilines is 2. The molecule has 0 bridgehead atoms. The summed E-state index contributed by atoms with van der Waals surface area (Å²) in [5, 5.41) is 3.53. The summed E-state index contributed by atoms with van der Waals surface area (Å²) in [7, 11) is 0. The maximum absolute atomic E-state index is 6.09. The summed E-state index contributed by atoms with van der Waals surface area (Å²) in [6.07, 6.45) is 3.78. The van der Waals surface area contributed by atoms with Gasteiger partial charge in [-0.15, -0.1) is 0 Å². The van der Waals surface area contributed by atoms with Crippen molar-refractivity contribution in [1.82, 2.24) is 0 Å². The van der Waals surface area contributed by atoms with Crippen molar-refractivity contribution in [2.45, 2.75) is 39.2 Å². The third-order valence-corrected chi connectivity index (χ3v) is 3.42. The first-order chi connectivity index (χ1) is 8.20. The Morgan fingerprint density at radius 3 is 2.88 bits per heavy atom. The minimum absolute atomic E-state index is 0.559. The Labute approximate surface area is 103 Å². The monoisotopic (exact) mass is 234 g/mol. The molecular weight excluding hydrogens is 212 g/mol. The topological polar surface area (TPSA) is 47.3 Å². The Bertz CT molecular complexity index is 378. The van der Waals surface area contributed by atoms with E-state index in [9.17, 15) is 0 Å². The molecule has 0 aromatic heterocycles. The molecular formula is C14H22N2O. The van der Waals surface area contributed by atoms with Gasteiger partial charge in [-0.25, -0.2) is 0 Å². The van der Waals surface area contributed by atoms with Crippen LogP contribution in [0.5, 0.6) is 5.75 Å². The van der Waals surface area contributed by atoms with Gasteiger partial charge in [-0.2, -0.15) is 0 Å². The molecule has 3 N–H and O–H groups in total. The first-order valence-corrected chi connectivity index (χ1v) is 6.48. The fourth-order valence-corrected chi connectivity index (χ4v) is 2.51. The Kier molecular flexibility index (Phi) is 3.77. The van der Waals surface area contributed by atoms with Crippen LogP contribution in [0.15, 0.2) is 18.2 Å². The van der Waals surface area contributed by atoms with Crippen LogP contribution in [0.4, 0.5) is 11.4 Å². The molecule has 0 saturated heterocycles. The molecule has 0 aliphatic heterocycles. The lowest BCUT2D eigenvalue weighted by Crippen LogP contribution is -2.16. The van der Waals surface area contributed by atoms with Crippen LogP contribution in [0.3, 0.4) is 0 Å². The molecule has 2 atom stereocenters. The fourth-order valence-electron chi connectivity index (χ4n) is 2.51. The first kappa shape index (κ1) is 12.1. The normalized spacial score (nSPS) is 23.6. The molecule has 1 aromatic rings. The molecule has 1 saturated carbocycles. The second-order valence-corrected chi connectivity index (χ2v) is 4.91. The third kappa shape index (κ3) is 2.84. The largest absolute Gasteiger partial charge is 0.492 e. The van der Waals surface area contributed by atoms with Crippen LogP contribution in [-0.2, 0) is 0 Å². The average Bonchev–Trinajstić information content (AvgIpc) is 2.70. The average molecular weight is 234 g/mol. The molecule has 0 spiro atoms. The van der Waals surface area contributed by atoms with Gasteiger partial charge in [-0.05, 0) is 44.2 Å². The molecule has 2 rings (SSSR count). The summed E-state index contributed by atoms with van der Waals surface area (Å²) >= 11 is 0. The molecule has 17 heavy (non-hydrogen) atoms. The molecule has 1 aromatic carbocycles. The summed E-state index contributed by atoms with van der Waals surface area (Å²) in [5.74, 6) is 1.60. The fraction of sp³-hybridized carbons (Fsp3) is 0.571. The lowest BCUT2D eigenvalue weighted by Gasteiger charge is -2.17. The molecule has 3 nitrogen and oxygen atoms in total. The number of nitrogen functional groups attached to an aromatic ring is 1. The van der Waals surface area contributed by atoms with Crippen LogP contribution < -0.4 is 15.8 Å². The van der Waals surface area contributed by atoms with Crippen LogP contribution in [-0.4, -0.2) is 12.6 Å². The molecule has 0 heterocycles. The highest BCUT2D eigenvalue weighted by Gasteiger charge is 2.21. The predicted molar refractivity (Wildman–Crippen MR) is 72.4 cm³/mol. The van der Waals surface area contributed by atoms with Gasteiger partial charge in [0.15, 0.2) is 0 Å². The zero-order valence-corrected chi connectivity index (χ0v) is 10.7. The van der Waals surface area contributed by atoms with E-state index in [2.05, 4.69) is 12.2 Å². The summed E-state index contributed by atoms with van der Waals surface area (Å²) < 4.78 is 5.50. The third-order valence-electron chi connectivity index (χ3n) is 3.42. The molecule has 1 aliphatic carbocycles. The van der Waals surface area contributed by atoms with Crippen molar-refractivity contribution in [2.75, 3.05) is 17.7 Å². The van der Waals surface area contributed by atoms with Gasteiger partial charge in [0.05, 0.1) is 18.0 Å². The van der Waals surface area contributed by atoms with Crippen LogP contribution in [0.2, 0.25) is 0 Å². The van der Waals surface area contributed by atoms with Crippen molar-refractivity contribution in [3.05, 3.63) is 18.2 Å². The zero-order chi connectivity index (χ0) is 12.3. The zero-order valence-electron chi connectivity index (χ0n) is 10.7. The molecule has 3 heteroatoms. The Morgan fingerprint density at radius 1 is 1.41 bits per heavy atom. The summed E-state index contributed by atoms with van der Waals surface area (Å²) in [4.78, 5) is 0. The van der Waals surface area contributed by atoms with E-state index >= 15 is 0 Å². The standard InChI is InChI=1S/C14H22N2O/c1-3-17-13-6-4-5-12(14(13)15)16-11-8-7-10(2)9-11/h4-6,10-11,16H,3,7-9,15H2,1-2H3. The van der Waals surface area contributed by atoms with Crippen LogP contribution in [0.1, 0.15) is 33.1 Å². The number of hydrogen-bond acceptors (Lipinski definition) is 3. The van der Waals surface area contributed by atoms with E-state index in [0.717, 1.165) is 23.0 Å². The van der Waals surface area contributed by atoms with Gasteiger partial charge in [0.2, 0.25) is 0 Å². The second kappa shape index (κ2) is 5.30. The van der Waals surface area contributed by atoms with Gasteiger partial charge in [-0.1, -0.05) is 13.0 Å². The number of nitrogens with one attached hydrogen (secondary N) is 1. The number of ether oxygens (including phenoxy) is 1. The van der Waals surface area contributed by atoms with Crippen LogP contribution in [0.25, 0.3) is 0 Å². The highest BCUT2D eigenvalue weighted by Crippen LogP contribution is 2.33. The van der Waals surface area contributed by atoms with Gasteiger partial charge in [0.1, 0.15) is 5.75 Å². The van der Waals surface area contributed by atoms with Crippen molar-refractivity contribution in [3.8, 4) is 5.75 Å². The number of hydrogen-bond donors (Lipinski definition) is 2. The van der Waals surface area contributed by atoms with Crippen molar-refractivity contribution in [3.63, 3.8) is 0 Å². The van der Waals surface area contributed by atoms with E-state index in [1.54, 1.807) is 0 Å². The van der Waals surface area contributed by atoms with Gasteiger partial charge in [-0.3, -0.25) is 0 Å². The first-order valence-electron chi connectivity index (χ1n) is 6.48. The SMILES string of the molecule is CCOc1cccc(NC2CCC(C)C2)c1N. The number of benzene rings is 1. The lowest BCUT2D eigenvalue weighted by atomic mass is 10.1.